The second kappa shape index (κ2) is 3.87. The molecular weight excluding hydrogens is 197 g/mol. The highest BCUT2D eigenvalue weighted by Gasteiger charge is 2.08. The zero-order valence-electron chi connectivity index (χ0n) is 6.34. The zero-order chi connectivity index (χ0) is 7.68. The third-order valence-corrected chi connectivity index (χ3v) is 1.85. The van der Waals surface area contributed by atoms with Crippen LogP contribution in [0.4, 0.5) is 5.69 Å². The van der Waals surface area contributed by atoms with Crippen molar-refractivity contribution in [2.45, 2.75) is 0 Å². The largest absolute Gasteiger partial charge is 0.490 e. The van der Waals surface area contributed by atoms with E-state index in [1.165, 1.54) is 0 Å². The summed E-state index contributed by atoms with van der Waals surface area (Å²) < 4.78 is 5.36. The Morgan fingerprint density at radius 1 is 1.42 bits per heavy atom. The third-order valence-electron chi connectivity index (χ3n) is 1.62. The molecule has 0 saturated heterocycles. The van der Waals surface area contributed by atoms with Gasteiger partial charge in [-0.05, 0) is 18.2 Å². The predicted molar refractivity (Wildman–Crippen MR) is 52.7 cm³/mol. The molecule has 12 heavy (non-hydrogen) atoms. The fourth-order valence-electron chi connectivity index (χ4n) is 1.11. The summed E-state index contributed by atoms with van der Waals surface area (Å²) in [7, 11) is 0. The molecule has 0 fully saturated rings. The van der Waals surface area contributed by atoms with E-state index in [0.29, 0.717) is 0 Å². The van der Waals surface area contributed by atoms with E-state index >= 15 is 0 Å². The standard InChI is InChI=1S/C8H8ClNO.ClH/c9-6-1-2-8-7(5-6)10-3-4-11-8;/h1-2,5,10H,3-4H2;1H. The van der Waals surface area contributed by atoms with Gasteiger partial charge in [0.05, 0.1) is 5.69 Å². The fraction of sp³-hybridized carbons (Fsp3) is 0.250. The maximum Gasteiger partial charge on any atom is 0.142 e. The van der Waals surface area contributed by atoms with Gasteiger partial charge in [-0.25, -0.2) is 0 Å². The average molecular weight is 206 g/mol. The number of benzene rings is 1. The maximum atomic E-state index is 5.78. The average Bonchev–Trinajstić information content (AvgIpc) is 2.04. The van der Waals surface area contributed by atoms with Crippen molar-refractivity contribution in [1.29, 1.82) is 0 Å². The molecule has 0 saturated carbocycles. The van der Waals surface area contributed by atoms with Crippen molar-refractivity contribution in [3.63, 3.8) is 0 Å². The van der Waals surface area contributed by atoms with Crippen LogP contribution in [-0.2, 0) is 0 Å². The highest BCUT2D eigenvalue weighted by molar-refractivity contribution is 6.30. The lowest BCUT2D eigenvalue weighted by Gasteiger charge is -2.18. The lowest BCUT2D eigenvalue weighted by atomic mass is 10.2. The first-order chi connectivity index (χ1) is 5.36. The molecular formula is C8H9Cl2NO. The Morgan fingerprint density at radius 2 is 2.25 bits per heavy atom. The molecule has 1 aliphatic heterocycles. The Hall–Kier alpha value is -0.600. The molecule has 0 aliphatic carbocycles. The van der Waals surface area contributed by atoms with Gasteiger partial charge < -0.3 is 10.1 Å². The summed E-state index contributed by atoms with van der Waals surface area (Å²) in [6.07, 6.45) is 0. The molecule has 66 valence electrons. The minimum absolute atomic E-state index is 0. The van der Waals surface area contributed by atoms with Crippen LogP contribution >= 0.6 is 24.0 Å². The summed E-state index contributed by atoms with van der Waals surface area (Å²) in [4.78, 5) is 0. The summed E-state index contributed by atoms with van der Waals surface area (Å²) in [5.74, 6) is 0.889. The summed E-state index contributed by atoms with van der Waals surface area (Å²) in [5, 5.41) is 3.93. The van der Waals surface area contributed by atoms with Crippen molar-refractivity contribution < 1.29 is 4.74 Å². The quantitative estimate of drug-likeness (QED) is 0.704. The van der Waals surface area contributed by atoms with Gasteiger partial charge >= 0.3 is 0 Å². The first-order valence-electron chi connectivity index (χ1n) is 3.52. The number of rotatable bonds is 0. The molecule has 0 aromatic heterocycles. The molecule has 0 atom stereocenters. The maximum absolute atomic E-state index is 5.78. The molecule has 0 amide bonds. The van der Waals surface area contributed by atoms with E-state index in [-0.39, 0.29) is 12.4 Å². The summed E-state index contributed by atoms with van der Waals surface area (Å²) in [5.41, 5.74) is 0.990. The van der Waals surface area contributed by atoms with E-state index in [1.807, 2.05) is 18.2 Å². The second-order valence-electron chi connectivity index (χ2n) is 2.42. The Balaban J connectivity index is 0.000000720. The minimum Gasteiger partial charge on any atom is -0.490 e. The number of nitrogens with one attached hydrogen (secondary N) is 1. The summed E-state index contributed by atoms with van der Waals surface area (Å²) >= 11 is 5.78. The first-order valence-corrected chi connectivity index (χ1v) is 3.90. The summed E-state index contributed by atoms with van der Waals surface area (Å²) in [6, 6.07) is 5.58. The minimum atomic E-state index is 0. The van der Waals surface area contributed by atoms with Gasteiger partial charge in [0.15, 0.2) is 0 Å². The lowest BCUT2D eigenvalue weighted by molar-refractivity contribution is 0.323. The van der Waals surface area contributed by atoms with Crippen LogP contribution in [0, 0.1) is 0 Å². The fourth-order valence-corrected chi connectivity index (χ4v) is 1.29. The van der Waals surface area contributed by atoms with Gasteiger partial charge in [0.1, 0.15) is 12.4 Å². The van der Waals surface area contributed by atoms with Crippen molar-refractivity contribution in [3.05, 3.63) is 23.2 Å². The number of ether oxygens (including phenoxy) is 1. The van der Waals surface area contributed by atoms with Gasteiger partial charge in [-0.1, -0.05) is 11.6 Å². The molecule has 1 aromatic rings. The van der Waals surface area contributed by atoms with Crippen LogP contribution in [0.3, 0.4) is 0 Å². The van der Waals surface area contributed by atoms with E-state index in [4.69, 9.17) is 16.3 Å². The van der Waals surface area contributed by atoms with Gasteiger partial charge in [0, 0.05) is 11.6 Å². The van der Waals surface area contributed by atoms with E-state index in [1.54, 1.807) is 0 Å². The van der Waals surface area contributed by atoms with Crippen molar-refractivity contribution in [3.8, 4) is 5.75 Å². The third kappa shape index (κ3) is 1.76. The molecule has 1 aromatic carbocycles. The topological polar surface area (TPSA) is 21.3 Å². The van der Waals surface area contributed by atoms with Crippen molar-refractivity contribution in [2.24, 2.45) is 0 Å². The van der Waals surface area contributed by atoms with Crippen molar-refractivity contribution in [2.75, 3.05) is 18.5 Å². The summed E-state index contributed by atoms with van der Waals surface area (Å²) in [6.45, 7) is 1.59. The first kappa shape index (κ1) is 9.49. The predicted octanol–water partition coefficient (Wildman–Crippen LogP) is 2.57. The van der Waals surface area contributed by atoms with Crippen molar-refractivity contribution in [1.82, 2.24) is 0 Å². The Kier molecular flexibility index (Phi) is 3.06. The SMILES string of the molecule is Cl.Clc1ccc2c(c1)NCCO2. The molecule has 1 heterocycles. The zero-order valence-corrected chi connectivity index (χ0v) is 7.91. The number of halogens is 2. The van der Waals surface area contributed by atoms with Gasteiger partial charge in [-0.15, -0.1) is 12.4 Å². The molecule has 1 aliphatic rings. The monoisotopic (exact) mass is 205 g/mol. The molecule has 4 heteroatoms. The van der Waals surface area contributed by atoms with Crippen molar-refractivity contribution >= 4 is 29.7 Å². The van der Waals surface area contributed by atoms with Crippen LogP contribution in [0.2, 0.25) is 5.02 Å². The molecule has 0 spiro atoms. The lowest BCUT2D eigenvalue weighted by Crippen LogP contribution is -2.17. The second-order valence-corrected chi connectivity index (χ2v) is 2.85. The molecule has 1 N–H and O–H groups in total. The molecule has 0 unspecified atom stereocenters. The normalized spacial score (nSPS) is 13.4. The van der Waals surface area contributed by atoms with Crippen LogP contribution in [0.1, 0.15) is 0 Å². The van der Waals surface area contributed by atoms with E-state index in [0.717, 1.165) is 29.6 Å². The van der Waals surface area contributed by atoms with Crippen LogP contribution in [0.15, 0.2) is 18.2 Å². The number of fused-ring (bicyclic) bond motifs is 1. The number of hydrogen-bond donors (Lipinski definition) is 1. The molecule has 0 bridgehead atoms. The Labute approximate surface area is 82.3 Å². The van der Waals surface area contributed by atoms with E-state index in [2.05, 4.69) is 5.32 Å². The van der Waals surface area contributed by atoms with Crippen LogP contribution in [0.25, 0.3) is 0 Å². The van der Waals surface area contributed by atoms with Gasteiger partial charge in [-0.2, -0.15) is 0 Å². The van der Waals surface area contributed by atoms with Crippen LogP contribution < -0.4 is 10.1 Å². The van der Waals surface area contributed by atoms with Crippen LogP contribution in [0.5, 0.6) is 5.75 Å². The number of anilines is 1. The van der Waals surface area contributed by atoms with Gasteiger partial charge in [0.2, 0.25) is 0 Å². The highest BCUT2D eigenvalue weighted by Crippen LogP contribution is 2.29. The Bertz CT molecular complexity index is 278. The molecule has 0 radical (unpaired) electrons. The Morgan fingerprint density at radius 3 is 3.08 bits per heavy atom. The van der Waals surface area contributed by atoms with E-state index in [9.17, 15) is 0 Å². The van der Waals surface area contributed by atoms with Crippen LogP contribution in [-0.4, -0.2) is 13.2 Å². The molecule has 2 rings (SSSR count). The molecule has 2 nitrogen and oxygen atoms in total. The highest BCUT2D eigenvalue weighted by atomic mass is 35.5. The van der Waals surface area contributed by atoms with Gasteiger partial charge in [-0.3, -0.25) is 0 Å². The smallest absolute Gasteiger partial charge is 0.142 e. The number of hydrogen-bond acceptors (Lipinski definition) is 2. The van der Waals surface area contributed by atoms with E-state index < -0.39 is 0 Å². The van der Waals surface area contributed by atoms with Gasteiger partial charge in [0.25, 0.3) is 0 Å².